The highest BCUT2D eigenvalue weighted by atomic mass is 16.6. The van der Waals surface area contributed by atoms with Crippen molar-refractivity contribution in [3.8, 4) is 5.75 Å². The third-order valence-corrected chi connectivity index (χ3v) is 3.39. The van der Waals surface area contributed by atoms with E-state index in [4.69, 9.17) is 9.47 Å². The summed E-state index contributed by atoms with van der Waals surface area (Å²) in [5.41, 5.74) is 0.807. The van der Waals surface area contributed by atoms with Gasteiger partial charge in [0.2, 0.25) is 0 Å². The molecule has 2 rings (SSSR count). The zero-order valence-corrected chi connectivity index (χ0v) is 13.2. The number of amides is 1. The molecule has 0 unspecified atom stereocenters. The second-order valence-corrected chi connectivity index (χ2v) is 6.16. The summed E-state index contributed by atoms with van der Waals surface area (Å²) in [6, 6.07) is 3.33. The fourth-order valence-electron chi connectivity index (χ4n) is 2.46. The normalized spacial score (nSPS) is 14.3. The van der Waals surface area contributed by atoms with Gasteiger partial charge in [-0.25, -0.2) is 4.79 Å². The van der Waals surface area contributed by atoms with Crippen molar-refractivity contribution >= 4 is 11.8 Å². The summed E-state index contributed by atoms with van der Waals surface area (Å²) in [4.78, 5) is 24.5. The summed E-state index contributed by atoms with van der Waals surface area (Å²) in [7, 11) is 1.41. The molecule has 0 N–H and O–H groups in total. The van der Waals surface area contributed by atoms with Gasteiger partial charge in [-0.2, -0.15) is 0 Å². The van der Waals surface area contributed by atoms with Crippen molar-refractivity contribution in [3.05, 3.63) is 33.4 Å². The van der Waals surface area contributed by atoms with Gasteiger partial charge in [0.25, 0.3) is 0 Å². The molecule has 1 aromatic carbocycles. The van der Waals surface area contributed by atoms with Crippen LogP contribution in [0.2, 0.25) is 0 Å². The number of hydrogen-bond donors (Lipinski definition) is 0. The molecule has 0 atom stereocenters. The quantitative estimate of drug-likeness (QED) is 0.619. The molecule has 1 aliphatic heterocycles. The lowest BCUT2D eigenvalue weighted by atomic mass is 9.97. The predicted molar refractivity (Wildman–Crippen MR) is 80.0 cm³/mol. The van der Waals surface area contributed by atoms with Crippen molar-refractivity contribution in [2.24, 2.45) is 0 Å². The summed E-state index contributed by atoms with van der Waals surface area (Å²) in [5, 5.41) is 11.3. The van der Waals surface area contributed by atoms with Gasteiger partial charge in [-0.1, -0.05) is 6.07 Å². The van der Waals surface area contributed by atoms with Crippen LogP contribution in [0.1, 0.15) is 31.9 Å². The van der Waals surface area contributed by atoms with Gasteiger partial charge in [-0.15, -0.1) is 0 Å². The molecule has 0 radical (unpaired) electrons. The number of nitro benzene ring substituents is 1. The minimum Gasteiger partial charge on any atom is -0.490 e. The molecule has 0 saturated carbocycles. The Morgan fingerprint density at radius 2 is 2.05 bits per heavy atom. The molecule has 1 heterocycles. The monoisotopic (exact) mass is 308 g/mol. The minimum absolute atomic E-state index is 0.0103. The van der Waals surface area contributed by atoms with Gasteiger partial charge in [0, 0.05) is 18.7 Å². The van der Waals surface area contributed by atoms with Crippen LogP contribution in [0.25, 0.3) is 0 Å². The van der Waals surface area contributed by atoms with E-state index in [2.05, 4.69) is 0 Å². The number of fused-ring (bicyclic) bond motifs is 1. The van der Waals surface area contributed by atoms with Crippen LogP contribution in [0.15, 0.2) is 12.1 Å². The average Bonchev–Trinajstić information content (AvgIpc) is 2.43. The van der Waals surface area contributed by atoms with E-state index in [9.17, 15) is 14.9 Å². The van der Waals surface area contributed by atoms with Crippen LogP contribution in [0.4, 0.5) is 10.5 Å². The van der Waals surface area contributed by atoms with Gasteiger partial charge >= 0.3 is 11.8 Å². The largest absolute Gasteiger partial charge is 0.490 e. The molecule has 0 bridgehead atoms. The molecule has 1 amide bonds. The van der Waals surface area contributed by atoms with Crippen molar-refractivity contribution in [1.82, 2.24) is 4.90 Å². The van der Waals surface area contributed by atoms with Crippen molar-refractivity contribution < 1.29 is 19.2 Å². The van der Waals surface area contributed by atoms with E-state index < -0.39 is 16.6 Å². The molecular weight excluding hydrogens is 288 g/mol. The van der Waals surface area contributed by atoms with Crippen LogP contribution >= 0.6 is 0 Å². The Balaban J connectivity index is 2.27. The van der Waals surface area contributed by atoms with Crippen molar-refractivity contribution in [2.75, 3.05) is 13.7 Å². The zero-order valence-electron chi connectivity index (χ0n) is 13.2. The summed E-state index contributed by atoms with van der Waals surface area (Å²) in [5.74, 6) is 0.245. The first-order valence-electron chi connectivity index (χ1n) is 7.04. The van der Waals surface area contributed by atoms with Crippen LogP contribution in [-0.2, 0) is 17.7 Å². The maximum atomic E-state index is 12.1. The number of nitrogens with zero attached hydrogens (tertiary/aromatic N) is 2. The summed E-state index contributed by atoms with van der Waals surface area (Å²) in [6.07, 6.45) is -0.00106. The first-order chi connectivity index (χ1) is 10.2. The standard InChI is InChI=1S/C15H20N2O5/c1-15(2,3)22-14(18)16-8-7-11-10(9-16)5-6-12(21-4)13(11)17(19)20/h5-6H,7-9H2,1-4H3. The fourth-order valence-corrected chi connectivity index (χ4v) is 2.46. The lowest BCUT2D eigenvalue weighted by molar-refractivity contribution is -0.386. The highest BCUT2D eigenvalue weighted by Crippen LogP contribution is 2.36. The highest BCUT2D eigenvalue weighted by molar-refractivity contribution is 5.69. The van der Waals surface area contributed by atoms with Crippen LogP contribution in [0.3, 0.4) is 0 Å². The number of benzene rings is 1. The lowest BCUT2D eigenvalue weighted by Gasteiger charge is -2.31. The third kappa shape index (κ3) is 3.29. The van der Waals surface area contributed by atoms with Gasteiger partial charge < -0.3 is 14.4 Å². The molecular formula is C15H20N2O5. The lowest BCUT2D eigenvalue weighted by Crippen LogP contribution is -2.40. The topological polar surface area (TPSA) is 81.9 Å². The van der Waals surface area contributed by atoms with Crippen LogP contribution < -0.4 is 4.74 Å². The Hall–Kier alpha value is -2.31. The number of methoxy groups -OCH3 is 1. The Kier molecular flexibility index (Phi) is 4.25. The maximum absolute atomic E-state index is 12.1. The molecule has 120 valence electrons. The van der Waals surface area contributed by atoms with E-state index in [0.717, 1.165) is 5.56 Å². The molecule has 22 heavy (non-hydrogen) atoms. The number of rotatable bonds is 2. The zero-order chi connectivity index (χ0) is 16.5. The predicted octanol–water partition coefficient (Wildman–Crippen LogP) is 2.90. The summed E-state index contributed by atoms with van der Waals surface area (Å²) < 4.78 is 10.4. The van der Waals surface area contributed by atoms with E-state index in [1.165, 1.54) is 7.11 Å². The average molecular weight is 308 g/mol. The van der Waals surface area contributed by atoms with Crippen LogP contribution in [0, 0.1) is 10.1 Å². The SMILES string of the molecule is COc1ccc2c(c1[N+](=O)[O-])CCN(C(=O)OC(C)(C)C)C2. The van der Waals surface area contributed by atoms with E-state index in [1.807, 2.05) is 0 Å². The first kappa shape index (κ1) is 16.1. The Morgan fingerprint density at radius 1 is 1.36 bits per heavy atom. The molecule has 0 fully saturated rings. The van der Waals surface area contributed by atoms with Crippen molar-refractivity contribution in [3.63, 3.8) is 0 Å². The smallest absolute Gasteiger partial charge is 0.410 e. The fraction of sp³-hybridized carbons (Fsp3) is 0.533. The van der Waals surface area contributed by atoms with E-state index in [0.29, 0.717) is 25.1 Å². The summed E-state index contributed by atoms with van der Waals surface area (Å²) in [6.45, 7) is 6.10. The molecule has 7 heteroatoms. The molecule has 0 aliphatic carbocycles. The second-order valence-electron chi connectivity index (χ2n) is 6.16. The van der Waals surface area contributed by atoms with E-state index in [-0.39, 0.29) is 11.4 Å². The maximum Gasteiger partial charge on any atom is 0.410 e. The minimum atomic E-state index is -0.566. The molecule has 1 aliphatic rings. The number of hydrogen-bond acceptors (Lipinski definition) is 5. The van der Waals surface area contributed by atoms with Crippen LogP contribution in [0.5, 0.6) is 5.75 Å². The molecule has 7 nitrogen and oxygen atoms in total. The second kappa shape index (κ2) is 5.82. The molecule has 0 aromatic heterocycles. The Morgan fingerprint density at radius 3 is 2.59 bits per heavy atom. The van der Waals surface area contributed by atoms with Gasteiger partial charge in [-0.3, -0.25) is 10.1 Å². The molecule has 1 aromatic rings. The number of ether oxygens (including phenoxy) is 2. The molecule has 0 saturated heterocycles. The Labute approximate surface area is 129 Å². The first-order valence-corrected chi connectivity index (χ1v) is 7.04. The van der Waals surface area contributed by atoms with Crippen LogP contribution in [-0.4, -0.2) is 35.2 Å². The number of carbonyl (C=O) groups excluding carboxylic acids is 1. The van der Waals surface area contributed by atoms with Gasteiger partial charge in [0.1, 0.15) is 5.60 Å². The van der Waals surface area contributed by atoms with E-state index >= 15 is 0 Å². The Bertz CT molecular complexity index is 607. The van der Waals surface area contributed by atoms with Crippen molar-refractivity contribution in [2.45, 2.75) is 39.3 Å². The third-order valence-electron chi connectivity index (χ3n) is 3.39. The van der Waals surface area contributed by atoms with Crippen molar-refractivity contribution in [1.29, 1.82) is 0 Å². The van der Waals surface area contributed by atoms with Gasteiger partial charge in [0.05, 0.1) is 12.0 Å². The van der Waals surface area contributed by atoms with E-state index in [1.54, 1.807) is 37.8 Å². The number of nitro groups is 1. The summed E-state index contributed by atoms with van der Waals surface area (Å²) >= 11 is 0. The number of carbonyl (C=O) groups is 1. The van der Waals surface area contributed by atoms with Gasteiger partial charge in [0.15, 0.2) is 5.75 Å². The highest BCUT2D eigenvalue weighted by Gasteiger charge is 2.31. The van der Waals surface area contributed by atoms with Gasteiger partial charge in [-0.05, 0) is 38.8 Å². The molecule has 0 spiro atoms.